The number of aryl methyl sites for hydroxylation is 2. The van der Waals surface area contributed by atoms with Gasteiger partial charge in [-0.05, 0) is 51.1 Å². The van der Waals surface area contributed by atoms with E-state index in [1.54, 1.807) is 0 Å². The molecule has 2 rings (SSSR count). The van der Waals surface area contributed by atoms with Crippen molar-refractivity contribution in [2.75, 3.05) is 32.1 Å². The summed E-state index contributed by atoms with van der Waals surface area (Å²) in [5, 5.41) is 3.20. The van der Waals surface area contributed by atoms with Crippen LogP contribution >= 0.6 is 0 Å². The molecule has 1 aliphatic rings. The van der Waals surface area contributed by atoms with Crippen LogP contribution in [0.4, 0.5) is 5.69 Å². The molecule has 0 amide bonds. The smallest absolute Gasteiger partial charge is 0.145 e. The fraction of sp³-hybridized carbons (Fsp3) is 0.571. The number of hydrogen-bond donors (Lipinski definition) is 1. The second-order valence-electron chi connectivity index (χ2n) is 4.90. The van der Waals surface area contributed by atoms with Crippen molar-refractivity contribution >= 4 is 5.69 Å². The Morgan fingerprint density at radius 3 is 2.88 bits per heavy atom. The molecule has 0 radical (unpaired) electrons. The predicted molar refractivity (Wildman–Crippen MR) is 72.1 cm³/mol. The summed E-state index contributed by atoms with van der Waals surface area (Å²) >= 11 is 0. The topological polar surface area (TPSA) is 24.5 Å². The maximum atomic E-state index is 5.92. The fourth-order valence-corrected chi connectivity index (χ4v) is 2.46. The molecule has 1 atom stereocenters. The molecule has 17 heavy (non-hydrogen) atoms. The highest BCUT2D eigenvalue weighted by Crippen LogP contribution is 2.37. The molecule has 0 fully saturated rings. The van der Waals surface area contributed by atoms with Gasteiger partial charge in [0.15, 0.2) is 0 Å². The van der Waals surface area contributed by atoms with Crippen LogP contribution in [-0.2, 0) is 0 Å². The lowest BCUT2D eigenvalue weighted by Gasteiger charge is -2.37. The highest BCUT2D eigenvalue weighted by molar-refractivity contribution is 5.64. The van der Waals surface area contributed by atoms with Gasteiger partial charge < -0.3 is 15.0 Å². The first kappa shape index (κ1) is 12.2. The number of rotatable bonds is 3. The molecule has 94 valence electrons. The molecule has 0 aromatic heterocycles. The largest absolute Gasteiger partial charge is 0.489 e. The zero-order valence-corrected chi connectivity index (χ0v) is 11.2. The number of likely N-dealkylation sites (N-methyl/N-ethyl adjacent to an activating group) is 1. The summed E-state index contributed by atoms with van der Waals surface area (Å²) in [4.78, 5) is 2.36. The van der Waals surface area contributed by atoms with E-state index in [2.05, 4.69) is 43.2 Å². The SMILES string of the molecule is CNCCC1COc2c(C)cc(C)cc2N1C. The van der Waals surface area contributed by atoms with Crippen molar-refractivity contribution in [3.63, 3.8) is 0 Å². The third-order valence-electron chi connectivity index (χ3n) is 3.47. The fourth-order valence-electron chi connectivity index (χ4n) is 2.46. The summed E-state index contributed by atoms with van der Waals surface area (Å²) in [5.41, 5.74) is 3.76. The second-order valence-corrected chi connectivity index (χ2v) is 4.90. The Morgan fingerprint density at radius 1 is 1.41 bits per heavy atom. The molecule has 1 aromatic rings. The van der Waals surface area contributed by atoms with Crippen LogP contribution in [0.15, 0.2) is 12.1 Å². The number of benzene rings is 1. The third kappa shape index (κ3) is 2.39. The average Bonchev–Trinajstić information content (AvgIpc) is 2.29. The van der Waals surface area contributed by atoms with E-state index in [4.69, 9.17) is 4.74 Å². The summed E-state index contributed by atoms with van der Waals surface area (Å²) in [6.45, 7) is 6.07. The Kier molecular flexibility index (Phi) is 3.57. The summed E-state index contributed by atoms with van der Waals surface area (Å²) in [6.07, 6.45) is 1.11. The molecule has 1 aliphatic heterocycles. The summed E-state index contributed by atoms with van der Waals surface area (Å²) in [7, 11) is 4.16. The lowest BCUT2D eigenvalue weighted by Crippen LogP contribution is -2.42. The molecule has 1 N–H and O–H groups in total. The van der Waals surface area contributed by atoms with Crippen molar-refractivity contribution in [1.29, 1.82) is 0 Å². The van der Waals surface area contributed by atoms with Crippen molar-refractivity contribution in [3.05, 3.63) is 23.3 Å². The van der Waals surface area contributed by atoms with E-state index < -0.39 is 0 Å². The van der Waals surface area contributed by atoms with Crippen molar-refractivity contribution < 1.29 is 4.74 Å². The van der Waals surface area contributed by atoms with Gasteiger partial charge >= 0.3 is 0 Å². The Hall–Kier alpha value is -1.22. The number of hydrogen-bond acceptors (Lipinski definition) is 3. The van der Waals surface area contributed by atoms with E-state index in [1.165, 1.54) is 16.8 Å². The lowest BCUT2D eigenvalue weighted by atomic mass is 10.0. The highest BCUT2D eigenvalue weighted by atomic mass is 16.5. The predicted octanol–water partition coefficient (Wildman–Crippen LogP) is 2.11. The molecule has 1 aromatic carbocycles. The van der Waals surface area contributed by atoms with E-state index in [0.717, 1.165) is 25.3 Å². The lowest BCUT2D eigenvalue weighted by molar-refractivity contribution is 0.258. The minimum Gasteiger partial charge on any atom is -0.489 e. The number of fused-ring (bicyclic) bond motifs is 1. The van der Waals surface area contributed by atoms with Gasteiger partial charge in [0, 0.05) is 7.05 Å². The normalized spacial score (nSPS) is 18.8. The summed E-state index contributed by atoms with van der Waals surface area (Å²) in [5.74, 6) is 1.05. The molecule has 0 saturated heterocycles. The van der Waals surface area contributed by atoms with E-state index in [9.17, 15) is 0 Å². The monoisotopic (exact) mass is 234 g/mol. The molecule has 3 heteroatoms. The van der Waals surface area contributed by atoms with Crippen LogP contribution in [0.3, 0.4) is 0 Å². The zero-order chi connectivity index (χ0) is 12.4. The maximum absolute atomic E-state index is 5.92. The number of anilines is 1. The highest BCUT2D eigenvalue weighted by Gasteiger charge is 2.25. The van der Waals surface area contributed by atoms with Gasteiger partial charge in [0.1, 0.15) is 12.4 Å². The van der Waals surface area contributed by atoms with Crippen LogP contribution in [0, 0.1) is 13.8 Å². The molecule has 0 spiro atoms. The van der Waals surface area contributed by atoms with Gasteiger partial charge in [-0.3, -0.25) is 0 Å². The van der Waals surface area contributed by atoms with E-state index in [1.807, 2.05) is 7.05 Å². The molecular weight excluding hydrogens is 212 g/mol. The molecule has 3 nitrogen and oxygen atoms in total. The molecule has 1 unspecified atom stereocenters. The van der Waals surface area contributed by atoms with Gasteiger partial charge in [0.25, 0.3) is 0 Å². The van der Waals surface area contributed by atoms with Gasteiger partial charge in [0.2, 0.25) is 0 Å². The van der Waals surface area contributed by atoms with Crippen molar-refractivity contribution in [3.8, 4) is 5.75 Å². The Bertz CT molecular complexity index is 403. The number of nitrogens with zero attached hydrogens (tertiary/aromatic N) is 1. The van der Waals surface area contributed by atoms with Crippen LogP contribution in [-0.4, -0.2) is 33.3 Å². The third-order valence-corrected chi connectivity index (χ3v) is 3.47. The standard InChI is InChI=1S/C14H22N2O/c1-10-7-11(2)14-13(8-10)16(4)12(9-17-14)5-6-15-3/h7-8,12,15H,5-6,9H2,1-4H3. The van der Waals surface area contributed by atoms with Gasteiger partial charge in [-0.1, -0.05) is 6.07 Å². The first-order chi connectivity index (χ1) is 8.13. The van der Waals surface area contributed by atoms with Crippen LogP contribution in [0.1, 0.15) is 17.5 Å². The average molecular weight is 234 g/mol. The second kappa shape index (κ2) is 4.96. The number of nitrogens with one attached hydrogen (secondary N) is 1. The number of ether oxygens (including phenoxy) is 1. The van der Waals surface area contributed by atoms with Gasteiger partial charge in [-0.15, -0.1) is 0 Å². The Morgan fingerprint density at radius 2 is 2.18 bits per heavy atom. The van der Waals surface area contributed by atoms with Gasteiger partial charge in [-0.25, -0.2) is 0 Å². The van der Waals surface area contributed by atoms with Crippen LogP contribution in [0.5, 0.6) is 5.75 Å². The van der Waals surface area contributed by atoms with E-state index in [-0.39, 0.29) is 0 Å². The summed E-state index contributed by atoms with van der Waals surface area (Å²) < 4.78 is 5.92. The zero-order valence-electron chi connectivity index (χ0n) is 11.2. The quantitative estimate of drug-likeness (QED) is 0.867. The first-order valence-electron chi connectivity index (χ1n) is 6.25. The van der Waals surface area contributed by atoms with Crippen molar-refractivity contribution in [2.24, 2.45) is 0 Å². The van der Waals surface area contributed by atoms with Gasteiger partial charge in [-0.2, -0.15) is 0 Å². The van der Waals surface area contributed by atoms with Crippen molar-refractivity contribution in [2.45, 2.75) is 26.3 Å². The van der Waals surface area contributed by atoms with Crippen LogP contribution in [0.2, 0.25) is 0 Å². The van der Waals surface area contributed by atoms with Gasteiger partial charge in [0.05, 0.1) is 11.7 Å². The molecular formula is C14H22N2O. The summed E-state index contributed by atoms with van der Waals surface area (Å²) in [6, 6.07) is 4.87. The molecule has 0 bridgehead atoms. The Labute approximate surface area is 104 Å². The molecule has 1 heterocycles. The minimum atomic E-state index is 0.469. The van der Waals surface area contributed by atoms with Crippen LogP contribution < -0.4 is 15.0 Å². The van der Waals surface area contributed by atoms with Crippen LogP contribution in [0.25, 0.3) is 0 Å². The minimum absolute atomic E-state index is 0.469. The van der Waals surface area contributed by atoms with E-state index in [0.29, 0.717) is 6.04 Å². The molecule has 0 aliphatic carbocycles. The first-order valence-corrected chi connectivity index (χ1v) is 6.25. The maximum Gasteiger partial charge on any atom is 0.145 e. The molecule has 0 saturated carbocycles. The van der Waals surface area contributed by atoms with Crippen molar-refractivity contribution in [1.82, 2.24) is 5.32 Å². The Balaban J connectivity index is 2.25. The van der Waals surface area contributed by atoms with E-state index >= 15 is 0 Å².